The summed E-state index contributed by atoms with van der Waals surface area (Å²) in [5.41, 5.74) is 0. The number of likely N-dealkylation sites (tertiary alicyclic amines) is 1. The van der Waals surface area contributed by atoms with Crippen molar-refractivity contribution in [3.63, 3.8) is 0 Å². The molecule has 1 rings (SSSR count). The fraction of sp³-hybridized carbons (Fsp3) is 0.778. The van der Waals surface area contributed by atoms with Crippen molar-refractivity contribution < 1.29 is 9.59 Å². The maximum atomic E-state index is 8.93. The van der Waals surface area contributed by atoms with Crippen LogP contribution in [0.3, 0.4) is 0 Å². The Kier molecular flexibility index (Phi) is 4.33. The molecule has 3 heteroatoms. The lowest BCUT2D eigenvalue weighted by Gasteiger charge is -2.31. The Morgan fingerprint density at radius 2 is 2.00 bits per heavy atom. The van der Waals surface area contributed by atoms with E-state index in [1.54, 1.807) is 0 Å². The Morgan fingerprint density at radius 1 is 1.33 bits per heavy atom. The molecular formula is C9H15INO+. The first-order valence-corrected chi connectivity index (χ1v) is 5.45. The predicted molar refractivity (Wildman–Crippen MR) is 57.8 cm³/mol. The van der Waals surface area contributed by atoms with Crippen molar-refractivity contribution in [1.29, 1.82) is 0 Å². The van der Waals surface area contributed by atoms with Gasteiger partial charge in [-0.2, -0.15) is 0 Å². The van der Waals surface area contributed by atoms with Crippen LogP contribution in [0, 0.1) is 9.85 Å². The van der Waals surface area contributed by atoms with Crippen LogP contribution in [0.5, 0.6) is 0 Å². The molecule has 0 saturated carbocycles. The molecule has 2 nitrogen and oxygen atoms in total. The van der Waals surface area contributed by atoms with Gasteiger partial charge in [0.2, 0.25) is 0 Å². The summed E-state index contributed by atoms with van der Waals surface area (Å²) in [6.45, 7) is 4.50. The second kappa shape index (κ2) is 5.05. The first-order valence-electron chi connectivity index (χ1n) is 4.37. The van der Waals surface area contributed by atoms with Gasteiger partial charge < -0.3 is 9.59 Å². The summed E-state index contributed by atoms with van der Waals surface area (Å²) >= 11 is 2.08. The molecule has 0 aromatic carbocycles. The third kappa shape index (κ3) is 2.61. The maximum Gasteiger partial charge on any atom is 0.141 e. The van der Waals surface area contributed by atoms with Gasteiger partial charge in [0, 0.05) is 35.4 Å². The number of quaternary nitrogens is 1. The third-order valence-corrected chi connectivity index (χ3v) is 2.95. The summed E-state index contributed by atoms with van der Waals surface area (Å²) in [6.07, 6.45) is 2.59. The highest BCUT2D eigenvalue weighted by Gasteiger charge is 2.29. The van der Waals surface area contributed by atoms with Crippen molar-refractivity contribution >= 4 is 22.6 Å². The molecule has 1 N–H and O–H groups in total. The fourth-order valence-corrected chi connectivity index (χ4v) is 2.05. The third-order valence-electron chi connectivity index (χ3n) is 2.57. The first kappa shape index (κ1) is 10.3. The SMILES string of the molecule is OCC[N+]1(CC#CI)CCCC1. The van der Waals surface area contributed by atoms with Gasteiger partial charge in [-0.1, -0.05) is 0 Å². The number of aliphatic hydroxyl groups is 1. The van der Waals surface area contributed by atoms with Crippen molar-refractivity contribution in [2.75, 3.05) is 32.8 Å². The summed E-state index contributed by atoms with van der Waals surface area (Å²) in [7, 11) is 0. The van der Waals surface area contributed by atoms with E-state index in [0.717, 1.165) is 17.6 Å². The topological polar surface area (TPSA) is 20.2 Å². The van der Waals surface area contributed by atoms with Gasteiger partial charge in [0.15, 0.2) is 0 Å². The second-order valence-electron chi connectivity index (χ2n) is 3.37. The lowest BCUT2D eigenvalue weighted by Crippen LogP contribution is -2.47. The predicted octanol–water partition coefficient (Wildman–Crippen LogP) is 0.985. The molecule has 1 heterocycles. The van der Waals surface area contributed by atoms with Crippen molar-refractivity contribution in [1.82, 2.24) is 0 Å². The minimum atomic E-state index is 0.295. The number of hydrogen-bond acceptors (Lipinski definition) is 1. The molecule has 1 saturated heterocycles. The molecule has 1 aliphatic heterocycles. The van der Waals surface area contributed by atoms with Crippen LogP contribution in [-0.4, -0.2) is 42.4 Å². The molecule has 0 spiro atoms. The van der Waals surface area contributed by atoms with Crippen LogP contribution in [0.1, 0.15) is 12.8 Å². The zero-order valence-corrected chi connectivity index (χ0v) is 9.38. The van der Waals surface area contributed by atoms with Gasteiger partial charge in [0.25, 0.3) is 0 Å². The molecule has 68 valence electrons. The first-order chi connectivity index (χ1) is 5.83. The summed E-state index contributed by atoms with van der Waals surface area (Å²) < 4.78 is 3.92. The summed E-state index contributed by atoms with van der Waals surface area (Å²) in [4.78, 5) is 0. The Hall–Kier alpha value is 0.210. The van der Waals surface area contributed by atoms with E-state index in [0.29, 0.717) is 6.61 Å². The fourth-order valence-electron chi connectivity index (χ4n) is 1.88. The smallest absolute Gasteiger partial charge is 0.141 e. The van der Waals surface area contributed by atoms with Crippen LogP contribution in [-0.2, 0) is 0 Å². The molecule has 0 aliphatic carbocycles. The number of rotatable bonds is 3. The lowest BCUT2D eigenvalue weighted by molar-refractivity contribution is -0.910. The van der Waals surface area contributed by atoms with E-state index in [1.807, 2.05) is 0 Å². The number of hydrogen-bond donors (Lipinski definition) is 1. The van der Waals surface area contributed by atoms with Crippen LogP contribution in [0.2, 0.25) is 0 Å². The molecule has 0 aromatic heterocycles. The molecule has 0 radical (unpaired) electrons. The van der Waals surface area contributed by atoms with Crippen LogP contribution in [0.4, 0.5) is 0 Å². The average Bonchev–Trinajstić information content (AvgIpc) is 2.51. The summed E-state index contributed by atoms with van der Waals surface area (Å²) in [5.74, 6) is 3.11. The molecule has 0 atom stereocenters. The quantitative estimate of drug-likeness (QED) is 0.464. The molecular weight excluding hydrogens is 265 g/mol. The Labute approximate surface area is 87.7 Å². The van der Waals surface area contributed by atoms with Crippen LogP contribution < -0.4 is 0 Å². The van der Waals surface area contributed by atoms with Crippen LogP contribution >= 0.6 is 22.6 Å². The van der Waals surface area contributed by atoms with Crippen molar-refractivity contribution in [3.8, 4) is 9.85 Å². The Balaban J connectivity index is 2.50. The van der Waals surface area contributed by atoms with Gasteiger partial charge in [0.1, 0.15) is 13.1 Å². The standard InChI is InChI=1S/C9H15INO/c10-4-3-7-11(8-9-12)5-1-2-6-11/h12H,1-2,5-9H2/q+1. The van der Waals surface area contributed by atoms with Gasteiger partial charge in [-0.05, 0) is 9.85 Å². The zero-order valence-electron chi connectivity index (χ0n) is 7.22. The number of aliphatic hydroxyl groups excluding tert-OH is 1. The van der Waals surface area contributed by atoms with E-state index < -0.39 is 0 Å². The largest absolute Gasteiger partial charge is 0.391 e. The molecule has 1 aliphatic rings. The molecule has 0 amide bonds. The Morgan fingerprint density at radius 3 is 2.50 bits per heavy atom. The van der Waals surface area contributed by atoms with Crippen molar-refractivity contribution in [2.45, 2.75) is 12.8 Å². The molecule has 0 aromatic rings. The highest BCUT2D eigenvalue weighted by Crippen LogP contribution is 2.17. The Bertz CT molecular complexity index is 188. The van der Waals surface area contributed by atoms with Crippen molar-refractivity contribution in [2.24, 2.45) is 0 Å². The second-order valence-corrected chi connectivity index (χ2v) is 3.91. The van der Waals surface area contributed by atoms with E-state index >= 15 is 0 Å². The van der Waals surface area contributed by atoms with Gasteiger partial charge in [-0.15, -0.1) is 0 Å². The molecule has 0 bridgehead atoms. The van der Waals surface area contributed by atoms with E-state index in [9.17, 15) is 0 Å². The molecule has 1 fully saturated rings. The highest BCUT2D eigenvalue weighted by molar-refractivity contribution is 14.1. The number of nitrogens with zero attached hydrogens (tertiary/aromatic N) is 1. The van der Waals surface area contributed by atoms with E-state index in [-0.39, 0.29) is 0 Å². The number of halogens is 1. The molecule has 0 unspecified atom stereocenters. The lowest BCUT2D eigenvalue weighted by atomic mass is 10.4. The molecule has 12 heavy (non-hydrogen) atoms. The average molecular weight is 280 g/mol. The monoisotopic (exact) mass is 280 g/mol. The minimum absolute atomic E-state index is 0.295. The van der Waals surface area contributed by atoms with Gasteiger partial charge in [0.05, 0.1) is 19.7 Å². The summed E-state index contributed by atoms with van der Waals surface area (Å²) in [5, 5.41) is 8.93. The zero-order chi connectivity index (χ0) is 8.86. The van der Waals surface area contributed by atoms with E-state index in [2.05, 4.69) is 32.4 Å². The van der Waals surface area contributed by atoms with Crippen LogP contribution in [0.25, 0.3) is 0 Å². The minimum Gasteiger partial charge on any atom is -0.391 e. The van der Waals surface area contributed by atoms with E-state index in [1.165, 1.54) is 25.9 Å². The van der Waals surface area contributed by atoms with Crippen molar-refractivity contribution in [3.05, 3.63) is 0 Å². The highest BCUT2D eigenvalue weighted by atomic mass is 127. The maximum absolute atomic E-state index is 8.93. The van der Waals surface area contributed by atoms with Gasteiger partial charge in [-0.3, -0.25) is 0 Å². The van der Waals surface area contributed by atoms with Gasteiger partial charge in [-0.25, -0.2) is 0 Å². The summed E-state index contributed by atoms with van der Waals surface area (Å²) in [6, 6.07) is 0. The normalized spacial score (nSPS) is 20.2. The van der Waals surface area contributed by atoms with Gasteiger partial charge >= 0.3 is 0 Å². The van der Waals surface area contributed by atoms with Crippen LogP contribution in [0.15, 0.2) is 0 Å². The van der Waals surface area contributed by atoms with E-state index in [4.69, 9.17) is 5.11 Å².